The van der Waals surface area contributed by atoms with Crippen molar-refractivity contribution in [2.24, 2.45) is 0 Å². The van der Waals surface area contributed by atoms with Crippen molar-refractivity contribution >= 4 is 43.8 Å². The Bertz CT molecular complexity index is 1320. The Balaban J connectivity index is 1.55. The van der Waals surface area contributed by atoms with E-state index in [0.29, 0.717) is 21.0 Å². The van der Waals surface area contributed by atoms with Gasteiger partial charge in [0.25, 0.3) is 11.8 Å². The summed E-state index contributed by atoms with van der Waals surface area (Å²) in [5.41, 5.74) is 2.12. The number of amides is 2. The second-order valence-electron chi connectivity index (χ2n) is 9.31. The molecule has 0 unspecified atom stereocenters. The van der Waals surface area contributed by atoms with E-state index in [2.05, 4.69) is 20.6 Å². The van der Waals surface area contributed by atoms with E-state index >= 15 is 0 Å². The maximum Gasteiger partial charge on any atom is 0.277 e. The van der Waals surface area contributed by atoms with Gasteiger partial charge >= 0.3 is 0 Å². The SMILES string of the molecule is O=C(c1nnn2c1sc1c(C(=O)N3CCCCCC3)nnn1c1ccccc12)N1CCCCCC1. The van der Waals surface area contributed by atoms with Gasteiger partial charge in [0, 0.05) is 26.2 Å². The molecule has 35 heavy (non-hydrogen) atoms. The zero-order valence-corrected chi connectivity index (χ0v) is 20.4. The summed E-state index contributed by atoms with van der Waals surface area (Å²) in [7, 11) is 0. The van der Waals surface area contributed by atoms with Gasteiger partial charge in [0.1, 0.15) is 0 Å². The molecule has 2 aliphatic heterocycles. The number of hydrogen-bond acceptors (Lipinski definition) is 7. The lowest BCUT2D eigenvalue weighted by molar-refractivity contribution is 0.0750. The Hall–Kier alpha value is -3.34. The fourth-order valence-electron chi connectivity index (χ4n) is 5.07. The van der Waals surface area contributed by atoms with Crippen LogP contribution in [0.2, 0.25) is 0 Å². The highest BCUT2D eigenvalue weighted by Crippen LogP contribution is 2.27. The van der Waals surface area contributed by atoms with Crippen LogP contribution in [0.5, 0.6) is 0 Å². The van der Waals surface area contributed by atoms with Crippen LogP contribution in [0.4, 0.5) is 0 Å². The number of benzene rings is 1. The molecule has 0 spiro atoms. The minimum atomic E-state index is -0.112. The second-order valence-corrected chi connectivity index (χ2v) is 10.3. The molecular formula is C24H28N8O2S. The topological polar surface area (TPSA) is 101 Å². The number of likely N-dealkylation sites (tertiary alicyclic amines) is 2. The van der Waals surface area contributed by atoms with Crippen LogP contribution in [-0.4, -0.2) is 77.4 Å². The van der Waals surface area contributed by atoms with Crippen LogP contribution >= 0.6 is 11.3 Å². The minimum absolute atomic E-state index is 0.112. The monoisotopic (exact) mass is 492 g/mol. The first-order valence-corrected chi connectivity index (χ1v) is 13.3. The summed E-state index contributed by atoms with van der Waals surface area (Å²) in [6, 6.07) is 7.66. The molecule has 0 saturated carbocycles. The number of rotatable bonds is 2. The first kappa shape index (κ1) is 22.1. The highest BCUT2D eigenvalue weighted by atomic mass is 32.1. The molecule has 11 heteroatoms. The van der Waals surface area contributed by atoms with E-state index in [1.165, 1.54) is 11.3 Å². The van der Waals surface area contributed by atoms with Crippen molar-refractivity contribution in [1.82, 2.24) is 39.5 Å². The number of para-hydroxylation sites is 2. The van der Waals surface area contributed by atoms with E-state index in [-0.39, 0.29) is 11.8 Å². The number of carbonyl (C=O) groups excluding carboxylic acids is 2. The Kier molecular flexibility index (Phi) is 5.93. The van der Waals surface area contributed by atoms with Gasteiger partial charge in [-0.3, -0.25) is 9.59 Å². The number of carbonyl (C=O) groups is 2. The Morgan fingerprint density at radius 2 is 1.03 bits per heavy atom. The lowest BCUT2D eigenvalue weighted by Crippen LogP contribution is -2.32. The van der Waals surface area contributed by atoms with E-state index in [4.69, 9.17) is 0 Å². The smallest absolute Gasteiger partial charge is 0.277 e. The molecule has 4 aromatic rings. The molecule has 2 aliphatic rings. The molecule has 0 bridgehead atoms. The van der Waals surface area contributed by atoms with Crippen LogP contribution in [0.25, 0.3) is 20.7 Å². The number of aromatic nitrogens is 6. The third kappa shape index (κ3) is 3.97. The number of fused-ring (bicyclic) bond motifs is 5. The molecule has 2 saturated heterocycles. The molecular weight excluding hydrogens is 464 g/mol. The molecule has 0 radical (unpaired) electrons. The molecule has 2 amide bonds. The predicted molar refractivity (Wildman–Crippen MR) is 132 cm³/mol. The standard InChI is InChI=1S/C24H28N8O2S/c33-21(29-13-7-1-2-8-14-29)19-23-31(27-25-19)17-11-5-6-12-18(17)32-24(35-23)20(26-28-32)22(34)30-15-9-3-4-10-16-30/h5-6,11-12H,1-4,7-10,13-16H2. The van der Waals surface area contributed by atoms with Crippen LogP contribution in [-0.2, 0) is 0 Å². The molecule has 3 aromatic heterocycles. The molecule has 5 heterocycles. The van der Waals surface area contributed by atoms with Gasteiger partial charge in [-0.05, 0) is 37.8 Å². The summed E-state index contributed by atoms with van der Waals surface area (Å²) in [5, 5.41) is 17.4. The zero-order chi connectivity index (χ0) is 23.8. The van der Waals surface area contributed by atoms with Crippen LogP contribution in [0.3, 0.4) is 0 Å². The Morgan fingerprint density at radius 1 is 0.629 bits per heavy atom. The molecule has 182 valence electrons. The minimum Gasteiger partial charge on any atom is -0.337 e. The largest absolute Gasteiger partial charge is 0.337 e. The van der Waals surface area contributed by atoms with Crippen molar-refractivity contribution in [2.75, 3.05) is 26.2 Å². The fourth-order valence-corrected chi connectivity index (χ4v) is 6.15. The average Bonchev–Trinajstić information content (AvgIpc) is 3.18. The number of nitrogens with zero attached hydrogens (tertiary/aromatic N) is 8. The maximum absolute atomic E-state index is 13.5. The molecule has 0 atom stereocenters. The van der Waals surface area contributed by atoms with E-state index < -0.39 is 0 Å². The van der Waals surface area contributed by atoms with E-state index in [1.54, 1.807) is 9.03 Å². The van der Waals surface area contributed by atoms with Gasteiger partial charge in [-0.15, -0.1) is 10.2 Å². The first-order chi connectivity index (χ1) is 17.2. The summed E-state index contributed by atoms with van der Waals surface area (Å²) < 4.78 is 3.39. The van der Waals surface area contributed by atoms with Crippen LogP contribution < -0.4 is 0 Å². The average molecular weight is 493 g/mol. The van der Waals surface area contributed by atoms with E-state index in [9.17, 15) is 9.59 Å². The summed E-state index contributed by atoms with van der Waals surface area (Å²) in [4.78, 5) is 32.1. The van der Waals surface area contributed by atoms with Crippen molar-refractivity contribution in [1.29, 1.82) is 0 Å². The molecule has 10 nitrogen and oxygen atoms in total. The van der Waals surface area contributed by atoms with Gasteiger partial charge in [0.15, 0.2) is 21.0 Å². The normalized spacial score (nSPS) is 17.6. The van der Waals surface area contributed by atoms with Crippen molar-refractivity contribution in [3.05, 3.63) is 35.7 Å². The molecule has 6 rings (SSSR count). The van der Waals surface area contributed by atoms with Gasteiger partial charge in [0.05, 0.1) is 11.0 Å². The van der Waals surface area contributed by atoms with Gasteiger partial charge in [-0.25, -0.2) is 9.03 Å². The van der Waals surface area contributed by atoms with Gasteiger partial charge < -0.3 is 9.80 Å². The predicted octanol–water partition coefficient (Wildman–Crippen LogP) is 3.58. The second kappa shape index (κ2) is 9.37. The molecule has 0 N–H and O–H groups in total. The fraction of sp³-hybridized carbons (Fsp3) is 0.500. The summed E-state index contributed by atoms with van der Waals surface area (Å²) in [5.74, 6) is -0.223. The summed E-state index contributed by atoms with van der Waals surface area (Å²) in [6.07, 6.45) is 8.53. The van der Waals surface area contributed by atoms with Gasteiger partial charge in [0.2, 0.25) is 0 Å². The number of hydrogen-bond donors (Lipinski definition) is 0. The summed E-state index contributed by atoms with van der Waals surface area (Å²) in [6.45, 7) is 2.91. The van der Waals surface area contributed by atoms with Crippen molar-refractivity contribution < 1.29 is 9.59 Å². The van der Waals surface area contributed by atoms with Gasteiger partial charge in [-0.1, -0.05) is 59.6 Å². The Morgan fingerprint density at radius 3 is 1.43 bits per heavy atom. The van der Waals surface area contributed by atoms with Gasteiger partial charge in [-0.2, -0.15) is 0 Å². The highest BCUT2D eigenvalue weighted by molar-refractivity contribution is 7.22. The first-order valence-electron chi connectivity index (χ1n) is 12.5. The molecule has 2 fully saturated rings. The van der Waals surface area contributed by atoms with Crippen LogP contribution in [0, 0.1) is 0 Å². The lowest BCUT2D eigenvalue weighted by Gasteiger charge is -2.18. The van der Waals surface area contributed by atoms with Crippen LogP contribution in [0.15, 0.2) is 24.3 Å². The third-order valence-electron chi connectivity index (χ3n) is 6.98. The Labute approximate surface area is 206 Å². The quantitative estimate of drug-likeness (QED) is 0.424. The van der Waals surface area contributed by atoms with E-state index in [1.807, 2.05) is 34.1 Å². The zero-order valence-electron chi connectivity index (χ0n) is 19.6. The van der Waals surface area contributed by atoms with Crippen molar-refractivity contribution in [3.8, 4) is 0 Å². The van der Waals surface area contributed by atoms with Crippen LogP contribution in [0.1, 0.15) is 72.3 Å². The van der Waals surface area contributed by atoms with Crippen molar-refractivity contribution in [2.45, 2.75) is 51.4 Å². The molecule has 1 aromatic carbocycles. The maximum atomic E-state index is 13.5. The third-order valence-corrected chi connectivity index (χ3v) is 8.10. The highest BCUT2D eigenvalue weighted by Gasteiger charge is 2.27. The lowest BCUT2D eigenvalue weighted by atomic mass is 10.2. The van der Waals surface area contributed by atoms with E-state index in [0.717, 1.165) is 88.6 Å². The summed E-state index contributed by atoms with van der Waals surface area (Å²) >= 11 is 1.30. The molecule has 0 aliphatic carbocycles. The van der Waals surface area contributed by atoms with Crippen molar-refractivity contribution in [3.63, 3.8) is 0 Å².